The van der Waals surface area contributed by atoms with E-state index >= 15 is 0 Å². The Kier molecular flexibility index (Phi) is 4.47. The van der Waals surface area contributed by atoms with E-state index in [4.69, 9.17) is 5.73 Å². The molecular formula is C11H17FN2O2S. The van der Waals surface area contributed by atoms with E-state index < -0.39 is 15.8 Å². The Morgan fingerprint density at radius 1 is 1.41 bits per heavy atom. The van der Waals surface area contributed by atoms with Crippen molar-refractivity contribution in [3.63, 3.8) is 0 Å². The monoisotopic (exact) mass is 260 g/mol. The fourth-order valence-electron chi connectivity index (χ4n) is 1.42. The van der Waals surface area contributed by atoms with E-state index in [1.165, 1.54) is 13.0 Å². The summed E-state index contributed by atoms with van der Waals surface area (Å²) in [7, 11) is -3.81. The molecule has 1 aromatic carbocycles. The molecular weight excluding hydrogens is 243 g/mol. The Hall–Kier alpha value is -1.14. The van der Waals surface area contributed by atoms with Gasteiger partial charge in [0.1, 0.15) is 10.7 Å². The average Bonchev–Trinajstić information content (AvgIpc) is 2.23. The molecule has 0 radical (unpaired) electrons. The molecule has 3 N–H and O–H groups in total. The van der Waals surface area contributed by atoms with E-state index in [1.807, 2.05) is 6.92 Å². The first-order valence-corrected chi connectivity index (χ1v) is 6.92. The van der Waals surface area contributed by atoms with Crippen LogP contribution in [0.15, 0.2) is 17.0 Å². The van der Waals surface area contributed by atoms with Gasteiger partial charge in [-0.3, -0.25) is 0 Å². The summed E-state index contributed by atoms with van der Waals surface area (Å²) in [6.07, 6.45) is 1.57. The van der Waals surface area contributed by atoms with Gasteiger partial charge in [0, 0.05) is 12.2 Å². The normalized spacial score (nSPS) is 11.7. The fraction of sp³-hybridized carbons (Fsp3) is 0.455. The number of halogens is 1. The van der Waals surface area contributed by atoms with Crippen LogP contribution in [-0.2, 0) is 10.0 Å². The molecule has 6 heteroatoms. The second kappa shape index (κ2) is 5.46. The highest BCUT2D eigenvalue weighted by Crippen LogP contribution is 2.21. The number of anilines is 1. The van der Waals surface area contributed by atoms with Gasteiger partial charge in [-0.2, -0.15) is 0 Å². The fourth-order valence-corrected chi connectivity index (χ4v) is 2.68. The first-order chi connectivity index (χ1) is 7.88. The molecule has 17 heavy (non-hydrogen) atoms. The number of nitrogens with one attached hydrogen (secondary N) is 1. The lowest BCUT2D eigenvalue weighted by atomic mass is 10.2. The molecule has 0 saturated heterocycles. The summed E-state index contributed by atoms with van der Waals surface area (Å²) >= 11 is 0. The third-order valence-electron chi connectivity index (χ3n) is 2.36. The molecule has 0 aromatic heterocycles. The minimum absolute atomic E-state index is 0.223. The lowest BCUT2D eigenvalue weighted by molar-refractivity contribution is 0.551. The highest BCUT2D eigenvalue weighted by molar-refractivity contribution is 7.89. The van der Waals surface area contributed by atoms with Gasteiger partial charge in [0.2, 0.25) is 10.0 Å². The zero-order valence-corrected chi connectivity index (χ0v) is 10.8. The molecule has 0 spiro atoms. The summed E-state index contributed by atoms with van der Waals surface area (Å²) in [5, 5.41) is 0. The molecule has 0 amide bonds. The first-order valence-electron chi connectivity index (χ1n) is 5.43. The summed E-state index contributed by atoms with van der Waals surface area (Å²) in [5.74, 6) is -0.747. The number of nitrogen functional groups attached to an aromatic ring is 1. The van der Waals surface area contributed by atoms with Crippen LogP contribution < -0.4 is 10.5 Å². The molecule has 0 atom stereocenters. The quantitative estimate of drug-likeness (QED) is 0.626. The number of unbranched alkanes of at least 4 members (excludes halogenated alkanes) is 1. The van der Waals surface area contributed by atoms with Gasteiger partial charge in [-0.25, -0.2) is 17.5 Å². The summed E-state index contributed by atoms with van der Waals surface area (Å²) < 4.78 is 39.7. The van der Waals surface area contributed by atoms with Crippen LogP contribution >= 0.6 is 0 Å². The number of hydrogen-bond acceptors (Lipinski definition) is 3. The number of sulfonamides is 1. The van der Waals surface area contributed by atoms with Crippen LogP contribution in [0, 0.1) is 12.7 Å². The maximum Gasteiger partial charge on any atom is 0.243 e. The number of nitrogens with two attached hydrogens (primary N) is 1. The average molecular weight is 260 g/mol. The van der Waals surface area contributed by atoms with Crippen LogP contribution in [-0.4, -0.2) is 15.0 Å². The third kappa shape index (κ3) is 3.41. The molecule has 1 aromatic rings. The third-order valence-corrected chi connectivity index (χ3v) is 3.82. The summed E-state index contributed by atoms with van der Waals surface area (Å²) in [4.78, 5) is -0.383. The van der Waals surface area contributed by atoms with Gasteiger partial charge in [-0.05, 0) is 31.0 Å². The van der Waals surface area contributed by atoms with Crippen molar-refractivity contribution in [2.24, 2.45) is 0 Å². The molecule has 1 rings (SSSR count). The zero-order valence-electron chi connectivity index (χ0n) is 9.96. The predicted molar refractivity (Wildman–Crippen MR) is 65.6 cm³/mol. The van der Waals surface area contributed by atoms with Gasteiger partial charge in [0.15, 0.2) is 0 Å². The van der Waals surface area contributed by atoms with Gasteiger partial charge in [0.05, 0.1) is 0 Å². The minimum Gasteiger partial charge on any atom is -0.399 e. The molecule has 0 saturated carbocycles. The Balaban J connectivity index is 3.06. The van der Waals surface area contributed by atoms with Crippen LogP contribution in [0.3, 0.4) is 0 Å². The van der Waals surface area contributed by atoms with Gasteiger partial charge in [-0.15, -0.1) is 0 Å². The molecule has 96 valence electrons. The summed E-state index contributed by atoms with van der Waals surface area (Å²) in [6, 6.07) is 2.54. The van der Waals surface area contributed by atoms with Crippen molar-refractivity contribution in [2.75, 3.05) is 12.3 Å². The van der Waals surface area contributed by atoms with Crippen molar-refractivity contribution in [3.8, 4) is 0 Å². The highest BCUT2D eigenvalue weighted by Gasteiger charge is 2.20. The largest absolute Gasteiger partial charge is 0.399 e. The number of hydrogen-bond donors (Lipinski definition) is 2. The second-order valence-electron chi connectivity index (χ2n) is 3.90. The van der Waals surface area contributed by atoms with E-state index in [0.717, 1.165) is 12.5 Å². The SMILES string of the molecule is CCCCNS(=O)(=O)c1cc(N)cc(C)c1F. The molecule has 4 nitrogen and oxygen atoms in total. The van der Waals surface area contributed by atoms with Crippen molar-refractivity contribution >= 4 is 15.7 Å². The van der Waals surface area contributed by atoms with Crippen molar-refractivity contribution in [3.05, 3.63) is 23.5 Å². The minimum atomic E-state index is -3.81. The molecule has 0 heterocycles. The van der Waals surface area contributed by atoms with Gasteiger partial charge < -0.3 is 5.73 Å². The highest BCUT2D eigenvalue weighted by atomic mass is 32.2. The predicted octanol–water partition coefficient (Wildman–Crippen LogP) is 1.79. The molecule has 0 unspecified atom stereocenters. The van der Waals surface area contributed by atoms with Crippen molar-refractivity contribution in [1.82, 2.24) is 4.72 Å². The van der Waals surface area contributed by atoms with Crippen LogP contribution in [0.25, 0.3) is 0 Å². The number of benzene rings is 1. The Bertz CT molecular complexity index is 500. The van der Waals surface area contributed by atoms with Gasteiger partial charge in [0.25, 0.3) is 0 Å². The zero-order chi connectivity index (χ0) is 13.1. The number of rotatable bonds is 5. The van der Waals surface area contributed by atoms with Crippen molar-refractivity contribution in [2.45, 2.75) is 31.6 Å². The molecule has 0 fully saturated rings. The first kappa shape index (κ1) is 13.9. The lowest BCUT2D eigenvalue weighted by Crippen LogP contribution is -2.26. The van der Waals surface area contributed by atoms with Gasteiger partial charge >= 0.3 is 0 Å². The standard InChI is InChI=1S/C11H17FN2O2S/c1-3-4-5-14-17(15,16)10-7-9(13)6-8(2)11(10)12/h6-7,14H,3-5,13H2,1-2H3. The Morgan fingerprint density at radius 3 is 2.65 bits per heavy atom. The summed E-state index contributed by atoms with van der Waals surface area (Å²) in [6.45, 7) is 3.72. The smallest absolute Gasteiger partial charge is 0.243 e. The van der Waals surface area contributed by atoms with E-state index in [-0.39, 0.29) is 16.1 Å². The Labute approximate surface area is 101 Å². The summed E-state index contributed by atoms with van der Waals surface area (Å²) in [5.41, 5.74) is 5.98. The van der Waals surface area contributed by atoms with E-state index in [1.54, 1.807) is 0 Å². The second-order valence-corrected chi connectivity index (χ2v) is 5.64. The topological polar surface area (TPSA) is 72.2 Å². The van der Waals surface area contributed by atoms with Gasteiger partial charge in [-0.1, -0.05) is 13.3 Å². The van der Waals surface area contributed by atoms with E-state index in [2.05, 4.69) is 4.72 Å². The van der Waals surface area contributed by atoms with E-state index in [0.29, 0.717) is 13.0 Å². The molecule has 0 aliphatic heterocycles. The Morgan fingerprint density at radius 2 is 2.06 bits per heavy atom. The van der Waals surface area contributed by atoms with Crippen LogP contribution in [0.4, 0.5) is 10.1 Å². The van der Waals surface area contributed by atoms with Crippen molar-refractivity contribution < 1.29 is 12.8 Å². The molecule has 0 aliphatic rings. The molecule has 0 bridgehead atoms. The maximum atomic E-state index is 13.7. The maximum absolute atomic E-state index is 13.7. The van der Waals surface area contributed by atoms with Crippen molar-refractivity contribution in [1.29, 1.82) is 0 Å². The number of aryl methyl sites for hydroxylation is 1. The molecule has 0 aliphatic carbocycles. The van der Waals surface area contributed by atoms with Crippen LogP contribution in [0.2, 0.25) is 0 Å². The van der Waals surface area contributed by atoms with Crippen LogP contribution in [0.1, 0.15) is 25.3 Å². The van der Waals surface area contributed by atoms with Crippen LogP contribution in [0.5, 0.6) is 0 Å². The lowest BCUT2D eigenvalue weighted by Gasteiger charge is -2.09. The van der Waals surface area contributed by atoms with E-state index in [9.17, 15) is 12.8 Å².